The fraction of sp³-hybridized carbons (Fsp3) is 0.152. The average Bonchev–Trinajstić information content (AvgIpc) is 1.65. The summed E-state index contributed by atoms with van der Waals surface area (Å²) in [6, 6.07) is 109. The highest BCUT2D eigenvalue weighted by molar-refractivity contribution is 8.01. The molecule has 3 aromatic heterocycles. The van der Waals surface area contributed by atoms with Gasteiger partial charge < -0.3 is 41.0 Å². The van der Waals surface area contributed by atoms with Crippen LogP contribution in [0.3, 0.4) is 0 Å². The molecule has 15 aromatic rings. The Morgan fingerprint density at radius 1 is 0.350 bits per heavy atom. The summed E-state index contributed by atoms with van der Waals surface area (Å²) in [5.41, 5.74) is 23.1. The van der Waals surface area contributed by atoms with Crippen LogP contribution >= 0.6 is 47.0 Å². The van der Waals surface area contributed by atoms with E-state index in [4.69, 9.17) is 45.7 Å². The summed E-state index contributed by atoms with van der Waals surface area (Å²) in [6.07, 6.45) is -0.559. The number of amides is 5. The normalized spacial score (nSPS) is 13.4. The molecule has 0 aliphatic carbocycles. The van der Waals surface area contributed by atoms with Crippen molar-refractivity contribution < 1.29 is 33.3 Å². The predicted octanol–water partition coefficient (Wildman–Crippen LogP) is 24.2. The van der Waals surface area contributed by atoms with Gasteiger partial charge in [-0.2, -0.15) is 38.8 Å². The van der Waals surface area contributed by atoms with E-state index in [1.807, 2.05) is 333 Å². The van der Waals surface area contributed by atoms with E-state index < -0.39 is 6.09 Å². The van der Waals surface area contributed by atoms with Crippen LogP contribution in [0.25, 0.3) is 17.1 Å². The predicted molar refractivity (Wildman–Crippen MR) is 503 cm³/mol. The smallest absolute Gasteiger partial charge is 0.418 e. The molecule has 0 saturated carbocycles. The summed E-state index contributed by atoms with van der Waals surface area (Å²) < 4.78 is 27.5. The summed E-state index contributed by atoms with van der Waals surface area (Å²) in [6.45, 7) is 13.9. The number of nitrogens with one attached hydrogen (secondary N) is 5. The first-order valence-corrected chi connectivity index (χ1v) is 43.9. The fourth-order valence-electron chi connectivity index (χ4n) is 12.7. The van der Waals surface area contributed by atoms with Crippen molar-refractivity contribution in [2.75, 3.05) is 74.3 Å². The summed E-state index contributed by atoms with van der Waals surface area (Å²) in [4.78, 5) is 42.8. The van der Waals surface area contributed by atoms with Crippen molar-refractivity contribution in [1.29, 1.82) is 0 Å². The Balaban J connectivity index is 0.000000131. The van der Waals surface area contributed by atoms with Crippen molar-refractivity contribution in [3.05, 3.63) is 373 Å². The van der Waals surface area contributed by atoms with Crippen molar-refractivity contribution in [3.8, 4) is 45.8 Å². The third-order valence-corrected chi connectivity index (χ3v) is 25.3. The number of thioether (sulfide) groups is 2. The molecule has 6 heterocycles. The molecule has 9 N–H and O–H groups in total. The van der Waals surface area contributed by atoms with Crippen molar-refractivity contribution in [2.24, 2.45) is 0 Å². The molecule has 20 nitrogen and oxygen atoms in total. The van der Waals surface area contributed by atoms with Gasteiger partial charge in [-0.25, -0.2) is 28.4 Å². The molecule has 18 rings (SSSR count). The van der Waals surface area contributed by atoms with E-state index in [1.54, 1.807) is 45.0 Å². The molecular weight excluding hydrogens is 1610 g/mol. The maximum absolute atomic E-state index is 12.9. The topological polar surface area (TPSA) is 254 Å². The molecule has 0 unspecified atom stereocenters. The number of nitrogens with two attached hydrogens (primary N) is 2. The van der Waals surface area contributed by atoms with Crippen molar-refractivity contribution in [2.45, 2.75) is 77.4 Å². The Labute approximate surface area is 733 Å². The number of para-hydroxylation sites is 3. The zero-order chi connectivity index (χ0) is 85.6. The number of nitrogens with zero attached hydrogens (tertiary/aromatic N) is 6. The van der Waals surface area contributed by atoms with Crippen LogP contribution in [0.5, 0.6) is 28.7 Å². The highest BCUT2D eigenvalue weighted by atomic mass is 32.2. The Kier molecular flexibility index (Phi) is 28.5. The first-order valence-electron chi connectivity index (χ1n) is 40.0. The summed E-state index contributed by atoms with van der Waals surface area (Å²) >= 11 is 7.26. The maximum Gasteiger partial charge on any atom is 0.418 e. The average molecular weight is 1710 g/mol. The minimum atomic E-state index is -0.559. The Morgan fingerprint density at radius 2 is 0.642 bits per heavy atom. The Morgan fingerprint density at radius 3 is 0.984 bits per heavy atom. The molecule has 0 atom stereocenters. The monoisotopic (exact) mass is 1710 g/mol. The Hall–Kier alpha value is -13.4. The molecule has 123 heavy (non-hydrogen) atoms. The number of anilines is 7. The van der Waals surface area contributed by atoms with Crippen LogP contribution < -0.4 is 52.3 Å². The molecule has 0 radical (unpaired) electrons. The van der Waals surface area contributed by atoms with Crippen LogP contribution in [0.4, 0.5) is 54.6 Å². The van der Waals surface area contributed by atoms with Crippen LogP contribution in [0.1, 0.15) is 54.5 Å². The van der Waals surface area contributed by atoms with Crippen molar-refractivity contribution in [1.82, 2.24) is 29.3 Å². The lowest BCUT2D eigenvalue weighted by atomic mass is 9.85. The number of rotatable bonds is 20. The van der Waals surface area contributed by atoms with E-state index in [9.17, 15) is 14.4 Å². The van der Waals surface area contributed by atoms with Gasteiger partial charge in [-0.1, -0.05) is 181 Å². The van der Waals surface area contributed by atoms with E-state index in [0.29, 0.717) is 47.9 Å². The molecule has 24 heteroatoms. The van der Waals surface area contributed by atoms with Gasteiger partial charge in [-0.3, -0.25) is 16.0 Å². The van der Waals surface area contributed by atoms with E-state index >= 15 is 0 Å². The molecule has 0 spiro atoms. The van der Waals surface area contributed by atoms with Crippen LogP contribution in [0, 0.1) is 20.8 Å². The molecule has 3 saturated heterocycles. The minimum absolute atomic E-state index is 0.0299. The summed E-state index contributed by atoms with van der Waals surface area (Å²) in [7, 11) is 0. The van der Waals surface area contributed by atoms with Crippen LogP contribution in [-0.2, 0) is 21.0 Å². The highest BCUT2D eigenvalue weighted by Crippen LogP contribution is 2.43. The SMILES string of the molecule is Cc1ccc(-n2nc(C3(C)COC3)cc2NC(=O)Oc2ccccc2)cc1.Cc1ccc(-n2nc(C3(C)CSC3)cc2NC(=O)Nc2ccc(Oc3ccccc3)cc2)cc1.Cc1ccc(-n2nc(C3(C)CSC3)cc2NC(=O)Nc2ccc(Sc3ccccc3)cc2)cc1.Nc1ccc(Oc2ccccc2)cc1.Nc1ccc(Sc2ccccc2)cc1. The van der Waals surface area contributed by atoms with Crippen molar-refractivity contribution in [3.63, 3.8) is 0 Å². The zero-order valence-corrected chi connectivity index (χ0v) is 72.2. The van der Waals surface area contributed by atoms with E-state index in [0.717, 1.165) is 102 Å². The zero-order valence-electron chi connectivity index (χ0n) is 68.9. The number of nitrogen functional groups attached to an aromatic ring is 2. The van der Waals surface area contributed by atoms with Crippen LogP contribution in [-0.4, -0.2) is 83.7 Å². The van der Waals surface area contributed by atoms with Gasteiger partial charge in [-0.05, 0) is 222 Å². The van der Waals surface area contributed by atoms with Gasteiger partial charge >= 0.3 is 18.2 Å². The van der Waals surface area contributed by atoms with Gasteiger partial charge in [0.25, 0.3) is 0 Å². The highest BCUT2D eigenvalue weighted by Gasteiger charge is 2.40. The standard InChI is InChI=1S/C27H26N4O2S.C27H26N4OS2.C21H21N3O3.C12H11NO.C12H11NS/c1-19-8-12-21(13-9-19)31-25(16-24(30-31)27(2)17-34-18-27)29-26(32)28-20-10-14-23(15-11-20)33-22-6-4-3-5-7-22;1-19-8-12-21(13-9-19)31-25(16-24(30-31)27(2)17-33-18-27)29-26(32)28-20-10-14-23(15-11-20)34-22-6-4-3-5-7-22;1-15-8-10-16(11-9-15)24-19(12-18(23-24)21(2)13-26-14-21)22-20(25)27-17-6-4-3-5-7-17;2*13-10-6-8-12(9-7-10)14-11-4-2-1-3-5-11/h2*3-16H,17-18H2,1-2H3,(H2,28,29,32);3-12H,13-14H2,1-2H3,(H,22,25);2*1-9H,13H2. The van der Waals surface area contributed by atoms with Crippen molar-refractivity contribution >= 4 is 105 Å². The molecule has 3 aliphatic heterocycles. The molecule has 3 fully saturated rings. The molecule has 3 aliphatic rings. The van der Waals surface area contributed by atoms with Crippen LogP contribution in [0.15, 0.2) is 359 Å². The maximum atomic E-state index is 12.9. The van der Waals surface area contributed by atoms with E-state index in [2.05, 4.69) is 90.7 Å². The van der Waals surface area contributed by atoms with E-state index in [-0.39, 0.29) is 28.3 Å². The number of ether oxygens (including phenoxy) is 4. The van der Waals surface area contributed by atoms with Gasteiger partial charge in [0.05, 0.1) is 52.8 Å². The van der Waals surface area contributed by atoms with Gasteiger partial charge in [0.2, 0.25) is 0 Å². The quantitative estimate of drug-likeness (QED) is 0.0350. The number of hydrogen-bond acceptors (Lipinski definition) is 16. The largest absolute Gasteiger partial charge is 0.457 e. The molecule has 12 aromatic carbocycles. The van der Waals surface area contributed by atoms with Gasteiger partial charge in [0.15, 0.2) is 0 Å². The molecule has 622 valence electrons. The minimum Gasteiger partial charge on any atom is -0.457 e. The summed E-state index contributed by atoms with van der Waals surface area (Å²) in [5.74, 6) is 9.56. The number of benzene rings is 12. The van der Waals surface area contributed by atoms with Crippen LogP contribution in [0.2, 0.25) is 0 Å². The number of carbonyl (C=O) groups is 3. The fourth-order valence-corrected chi connectivity index (χ4v) is 16.6. The van der Waals surface area contributed by atoms with E-state index in [1.165, 1.54) is 25.8 Å². The van der Waals surface area contributed by atoms with Gasteiger partial charge in [0.1, 0.15) is 46.2 Å². The summed E-state index contributed by atoms with van der Waals surface area (Å²) in [5, 5.41) is 29.1. The Bertz CT molecular complexity index is 5640. The lowest BCUT2D eigenvalue weighted by Gasteiger charge is -2.36. The lowest BCUT2D eigenvalue weighted by molar-refractivity contribution is -0.0522. The number of urea groups is 2. The molecular formula is C99H95N13O7S4. The number of aromatic nitrogens is 6. The van der Waals surface area contributed by atoms with Gasteiger partial charge in [0, 0.05) is 94.4 Å². The second-order valence-corrected chi connectivity index (χ2v) is 34.7. The molecule has 5 amide bonds. The molecule has 0 bridgehead atoms. The number of aryl methyl sites for hydroxylation is 3. The third kappa shape index (κ3) is 24.1. The third-order valence-electron chi connectivity index (χ3n) is 19.9. The number of hydrogen-bond donors (Lipinski definition) is 7. The second kappa shape index (κ2) is 40.8. The van der Waals surface area contributed by atoms with Gasteiger partial charge in [-0.15, -0.1) is 0 Å². The lowest BCUT2D eigenvalue weighted by Crippen LogP contribution is -2.44. The first-order chi connectivity index (χ1) is 59.7. The number of carbonyl (C=O) groups excluding carboxylic acids is 3. The second-order valence-electron chi connectivity index (χ2n) is 30.5. The first kappa shape index (κ1) is 86.0.